The number of carbonyl (C=O) groups is 2. The molecule has 2 aromatic rings. The van der Waals surface area contributed by atoms with Gasteiger partial charge in [-0.3, -0.25) is 9.59 Å². The van der Waals surface area contributed by atoms with Crippen LogP contribution in [-0.2, 0) is 20.7 Å². The third kappa shape index (κ3) is 3.81. The van der Waals surface area contributed by atoms with Crippen molar-refractivity contribution < 1.29 is 14.3 Å². The summed E-state index contributed by atoms with van der Waals surface area (Å²) in [5.74, 6) is -0.136. The molecule has 138 valence electrons. The van der Waals surface area contributed by atoms with Crippen molar-refractivity contribution in [3.63, 3.8) is 0 Å². The van der Waals surface area contributed by atoms with Crippen molar-refractivity contribution >= 4 is 23.2 Å². The van der Waals surface area contributed by atoms with Gasteiger partial charge in [0.1, 0.15) is 0 Å². The van der Waals surface area contributed by atoms with Gasteiger partial charge in [0, 0.05) is 31.3 Å². The summed E-state index contributed by atoms with van der Waals surface area (Å²) in [5.41, 5.74) is 1.13. The maximum absolute atomic E-state index is 12.6. The van der Waals surface area contributed by atoms with Crippen LogP contribution < -0.4 is 5.32 Å². The fourth-order valence-electron chi connectivity index (χ4n) is 3.33. The molecule has 0 aliphatic carbocycles. The lowest BCUT2D eigenvalue weighted by atomic mass is 9.90. The molecular weight excluding hydrogens is 348 g/mol. The Balaban J connectivity index is 1.82. The Labute approximate surface area is 158 Å². The van der Waals surface area contributed by atoms with E-state index in [1.54, 1.807) is 23.3 Å². The van der Waals surface area contributed by atoms with Gasteiger partial charge in [0.2, 0.25) is 5.91 Å². The van der Waals surface area contributed by atoms with Crippen LogP contribution in [0.3, 0.4) is 0 Å². The van der Waals surface area contributed by atoms with Crippen molar-refractivity contribution in [2.45, 2.75) is 25.4 Å². The van der Waals surface area contributed by atoms with Gasteiger partial charge >= 0.3 is 0 Å². The van der Waals surface area contributed by atoms with Gasteiger partial charge in [-0.15, -0.1) is 11.3 Å². The lowest BCUT2D eigenvalue weighted by molar-refractivity contribution is -0.165. The first-order valence-corrected chi connectivity index (χ1v) is 9.72. The summed E-state index contributed by atoms with van der Waals surface area (Å²) in [6.07, 6.45) is 0.865. The number of carbonyl (C=O) groups excluding carboxylic acids is 2. The molecule has 0 unspecified atom stereocenters. The van der Waals surface area contributed by atoms with Gasteiger partial charge in [0.25, 0.3) is 5.91 Å². The minimum atomic E-state index is -1.04. The van der Waals surface area contributed by atoms with Gasteiger partial charge in [-0.1, -0.05) is 37.3 Å². The average Bonchev–Trinajstić information content (AvgIpc) is 3.22. The topological polar surface area (TPSA) is 58.6 Å². The molecule has 1 aliphatic rings. The van der Waals surface area contributed by atoms with Gasteiger partial charge in [-0.05, 0) is 22.6 Å². The second kappa shape index (κ2) is 8.01. The Kier molecular flexibility index (Phi) is 5.74. The summed E-state index contributed by atoms with van der Waals surface area (Å²) >= 11 is 1.70. The van der Waals surface area contributed by atoms with Gasteiger partial charge in [-0.25, -0.2) is 0 Å². The highest BCUT2D eigenvalue weighted by atomic mass is 32.1. The summed E-state index contributed by atoms with van der Waals surface area (Å²) in [6, 6.07) is 12.3. The number of amides is 2. The minimum absolute atomic E-state index is 0.0506. The number of hydrogen-bond donors (Lipinski definition) is 1. The summed E-state index contributed by atoms with van der Waals surface area (Å²) < 4.78 is 5.95. The lowest BCUT2D eigenvalue weighted by Gasteiger charge is -2.41. The van der Waals surface area contributed by atoms with Crippen LogP contribution >= 0.6 is 11.3 Å². The predicted octanol–water partition coefficient (Wildman–Crippen LogP) is 2.71. The van der Waals surface area contributed by atoms with Crippen LogP contribution in [0, 0.1) is 0 Å². The van der Waals surface area contributed by atoms with E-state index in [1.807, 2.05) is 25.1 Å². The van der Waals surface area contributed by atoms with Crippen LogP contribution in [0.1, 0.15) is 18.9 Å². The van der Waals surface area contributed by atoms with Crippen LogP contribution in [0.25, 0.3) is 10.4 Å². The monoisotopic (exact) mass is 372 g/mol. The fourth-order valence-corrected chi connectivity index (χ4v) is 4.07. The smallest absolute Gasteiger partial charge is 0.254 e. The molecule has 1 atom stereocenters. The maximum atomic E-state index is 12.6. The molecule has 1 saturated heterocycles. The molecule has 1 aliphatic heterocycles. The Morgan fingerprint density at radius 3 is 2.65 bits per heavy atom. The van der Waals surface area contributed by atoms with Crippen molar-refractivity contribution in [2.75, 3.05) is 26.7 Å². The van der Waals surface area contributed by atoms with E-state index in [0.29, 0.717) is 26.0 Å². The second-order valence-electron chi connectivity index (χ2n) is 6.44. The predicted molar refractivity (Wildman–Crippen MR) is 103 cm³/mol. The molecule has 2 heterocycles. The number of nitrogens with zero attached hydrogens (tertiary/aromatic N) is 1. The van der Waals surface area contributed by atoms with Gasteiger partial charge in [0.05, 0.1) is 13.2 Å². The highest BCUT2D eigenvalue weighted by Gasteiger charge is 2.44. The molecule has 0 saturated carbocycles. The van der Waals surface area contributed by atoms with Crippen molar-refractivity contribution in [3.05, 3.63) is 47.3 Å². The second-order valence-corrected chi connectivity index (χ2v) is 7.39. The van der Waals surface area contributed by atoms with E-state index in [0.717, 1.165) is 11.1 Å². The van der Waals surface area contributed by atoms with E-state index >= 15 is 0 Å². The quantitative estimate of drug-likeness (QED) is 0.878. The van der Waals surface area contributed by atoms with Crippen LogP contribution in [0.2, 0.25) is 0 Å². The third-order valence-corrected chi connectivity index (χ3v) is 5.65. The number of morpholine rings is 1. The summed E-state index contributed by atoms with van der Waals surface area (Å²) in [7, 11) is 1.61. The number of thiophene rings is 1. The first kappa shape index (κ1) is 18.6. The van der Waals surface area contributed by atoms with Gasteiger partial charge in [-0.2, -0.15) is 0 Å². The summed E-state index contributed by atoms with van der Waals surface area (Å²) in [6.45, 7) is 3.02. The molecule has 2 amide bonds. The first-order chi connectivity index (χ1) is 12.6. The molecule has 26 heavy (non-hydrogen) atoms. The number of nitrogens with one attached hydrogen (secondary N) is 1. The van der Waals surface area contributed by atoms with E-state index in [4.69, 9.17) is 4.74 Å². The number of hydrogen-bond acceptors (Lipinski definition) is 4. The number of ether oxygens (including phenoxy) is 1. The highest BCUT2D eigenvalue weighted by molar-refractivity contribution is 7.13. The Hall–Kier alpha value is -2.18. The molecule has 3 rings (SSSR count). The molecular formula is C20H24N2O3S. The van der Waals surface area contributed by atoms with E-state index in [2.05, 4.69) is 28.9 Å². The zero-order chi connectivity index (χ0) is 18.6. The number of rotatable bonds is 5. The SMILES string of the molecule is CCC(=O)N1CCO[C@](Cc2ccc(-c3cccs3)cc2)(C(=O)NC)C1. The number of likely N-dealkylation sites (N-methyl/N-ethyl adjacent to an activating group) is 1. The fraction of sp³-hybridized carbons (Fsp3) is 0.400. The summed E-state index contributed by atoms with van der Waals surface area (Å²) in [5, 5.41) is 4.76. The Bertz CT molecular complexity index is 758. The van der Waals surface area contributed by atoms with Crippen LogP contribution in [0.4, 0.5) is 0 Å². The van der Waals surface area contributed by atoms with Crippen molar-refractivity contribution in [3.8, 4) is 10.4 Å². The zero-order valence-corrected chi connectivity index (χ0v) is 16.0. The van der Waals surface area contributed by atoms with E-state index in [1.165, 1.54) is 4.88 Å². The molecule has 1 aromatic carbocycles. The molecule has 1 aromatic heterocycles. The highest BCUT2D eigenvalue weighted by Crippen LogP contribution is 2.28. The minimum Gasteiger partial charge on any atom is -0.361 e. The molecule has 0 spiro atoms. The molecule has 5 nitrogen and oxygen atoms in total. The van der Waals surface area contributed by atoms with E-state index in [9.17, 15) is 9.59 Å². The van der Waals surface area contributed by atoms with E-state index in [-0.39, 0.29) is 18.4 Å². The average molecular weight is 372 g/mol. The molecule has 0 bridgehead atoms. The molecule has 1 N–H and O–H groups in total. The van der Waals surface area contributed by atoms with Crippen LogP contribution in [0.5, 0.6) is 0 Å². The standard InChI is InChI=1S/C20H24N2O3S/c1-3-18(23)22-10-11-25-20(14-22,19(24)21-2)13-15-6-8-16(9-7-15)17-5-4-12-26-17/h4-9,12H,3,10-11,13-14H2,1-2H3,(H,21,24)/t20-/m0/s1. The van der Waals surface area contributed by atoms with Gasteiger partial charge < -0.3 is 15.0 Å². The maximum Gasteiger partial charge on any atom is 0.254 e. The molecule has 6 heteroatoms. The molecule has 1 fully saturated rings. The van der Waals surface area contributed by atoms with Crippen molar-refractivity contribution in [2.24, 2.45) is 0 Å². The largest absolute Gasteiger partial charge is 0.361 e. The van der Waals surface area contributed by atoms with Crippen LogP contribution in [-0.4, -0.2) is 49.1 Å². The Morgan fingerprint density at radius 1 is 1.27 bits per heavy atom. The molecule has 0 radical (unpaired) electrons. The lowest BCUT2D eigenvalue weighted by Crippen LogP contribution is -2.61. The van der Waals surface area contributed by atoms with Crippen LogP contribution in [0.15, 0.2) is 41.8 Å². The number of benzene rings is 1. The van der Waals surface area contributed by atoms with Crippen molar-refractivity contribution in [1.29, 1.82) is 0 Å². The van der Waals surface area contributed by atoms with Gasteiger partial charge in [0.15, 0.2) is 5.60 Å². The third-order valence-electron chi connectivity index (χ3n) is 4.73. The zero-order valence-electron chi connectivity index (χ0n) is 15.2. The normalized spacial score (nSPS) is 20.0. The Morgan fingerprint density at radius 2 is 2.04 bits per heavy atom. The van der Waals surface area contributed by atoms with Crippen molar-refractivity contribution in [1.82, 2.24) is 10.2 Å². The van der Waals surface area contributed by atoms with E-state index < -0.39 is 5.60 Å². The summed E-state index contributed by atoms with van der Waals surface area (Å²) in [4.78, 5) is 27.7. The first-order valence-electron chi connectivity index (χ1n) is 8.84.